The zero-order valence-corrected chi connectivity index (χ0v) is 20.5. The van der Waals surface area contributed by atoms with Gasteiger partial charge in [-0.2, -0.15) is 0 Å². The van der Waals surface area contributed by atoms with E-state index in [2.05, 4.69) is 29.4 Å². The molecule has 2 rings (SSSR count). The first-order chi connectivity index (χ1) is 16.7. The number of allylic oxidation sites excluding steroid dienone is 9. The fourth-order valence-electron chi connectivity index (χ4n) is 3.67. The van der Waals surface area contributed by atoms with Crippen LogP contribution >= 0.6 is 0 Å². The van der Waals surface area contributed by atoms with E-state index in [0.717, 1.165) is 22.9 Å². The Labute approximate surface area is 204 Å². The smallest absolute Gasteiger partial charge is 0.243 e. The van der Waals surface area contributed by atoms with Crippen molar-refractivity contribution in [2.75, 3.05) is 6.54 Å². The standard InChI is InChI=1S/C30H40N2O2/c1-2-3-4-5-6-7-8-9-10-11-12-13-14-15-16-17-18-19-30(34)31-23-22-26-25-32-29-21-20-27(33)24-28(26)29/h10-21,24-25,32-33H,2-9,22-23H2,1H3,(H,31,34)/b11-10+,13-12+,15-14+,17-16+,19-18+. The number of aromatic amines is 1. The molecule has 1 amide bonds. The van der Waals surface area contributed by atoms with Crippen LogP contribution in [0.25, 0.3) is 10.9 Å². The molecule has 0 saturated heterocycles. The van der Waals surface area contributed by atoms with Crippen molar-refractivity contribution in [2.24, 2.45) is 0 Å². The van der Waals surface area contributed by atoms with E-state index in [1.165, 1.54) is 51.0 Å². The summed E-state index contributed by atoms with van der Waals surface area (Å²) in [5, 5.41) is 13.5. The molecule has 0 fully saturated rings. The van der Waals surface area contributed by atoms with E-state index in [0.29, 0.717) is 13.0 Å². The van der Waals surface area contributed by atoms with Crippen LogP contribution in [0.4, 0.5) is 0 Å². The molecule has 0 aliphatic carbocycles. The molecule has 0 atom stereocenters. The lowest BCUT2D eigenvalue weighted by Crippen LogP contribution is -2.23. The fraction of sp³-hybridized carbons (Fsp3) is 0.367. The van der Waals surface area contributed by atoms with Crippen LogP contribution in [0, 0.1) is 0 Å². The minimum absolute atomic E-state index is 0.123. The third kappa shape index (κ3) is 11.6. The minimum atomic E-state index is -0.123. The van der Waals surface area contributed by atoms with Gasteiger partial charge in [0.1, 0.15) is 5.75 Å². The number of amides is 1. The Hall–Kier alpha value is -3.27. The molecule has 4 nitrogen and oxygen atoms in total. The molecule has 1 heterocycles. The van der Waals surface area contributed by atoms with Crippen molar-refractivity contribution in [1.29, 1.82) is 0 Å². The van der Waals surface area contributed by atoms with Gasteiger partial charge in [0.15, 0.2) is 0 Å². The highest BCUT2D eigenvalue weighted by atomic mass is 16.3. The number of phenols is 1. The summed E-state index contributed by atoms with van der Waals surface area (Å²) in [5.41, 5.74) is 2.05. The lowest BCUT2D eigenvalue weighted by Gasteiger charge is -2.02. The molecule has 0 saturated carbocycles. The monoisotopic (exact) mass is 460 g/mol. The van der Waals surface area contributed by atoms with Gasteiger partial charge in [0, 0.05) is 29.7 Å². The molecule has 0 bridgehead atoms. The number of carbonyl (C=O) groups is 1. The van der Waals surface area contributed by atoms with Crippen molar-refractivity contribution in [1.82, 2.24) is 10.3 Å². The van der Waals surface area contributed by atoms with E-state index in [-0.39, 0.29) is 11.7 Å². The highest BCUT2D eigenvalue weighted by molar-refractivity contribution is 5.88. The van der Waals surface area contributed by atoms with Crippen molar-refractivity contribution in [3.8, 4) is 5.75 Å². The largest absolute Gasteiger partial charge is 0.508 e. The predicted molar refractivity (Wildman–Crippen MR) is 145 cm³/mol. The number of phenolic OH excluding ortho intramolecular Hbond substituents is 1. The van der Waals surface area contributed by atoms with Gasteiger partial charge in [-0.15, -0.1) is 0 Å². The van der Waals surface area contributed by atoms with Crippen molar-refractivity contribution in [3.05, 3.63) is 90.7 Å². The summed E-state index contributed by atoms with van der Waals surface area (Å²) in [4.78, 5) is 15.1. The number of rotatable bonds is 16. The number of aromatic hydroxyl groups is 1. The lowest BCUT2D eigenvalue weighted by atomic mass is 10.1. The summed E-state index contributed by atoms with van der Waals surface area (Å²) >= 11 is 0. The van der Waals surface area contributed by atoms with Gasteiger partial charge in [-0.05, 0) is 43.0 Å². The van der Waals surface area contributed by atoms with Crippen LogP contribution in [-0.4, -0.2) is 22.5 Å². The number of aromatic nitrogens is 1. The second kappa shape index (κ2) is 17.2. The molecule has 0 unspecified atom stereocenters. The normalized spacial score (nSPS) is 12.5. The van der Waals surface area contributed by atoms with Crippen LogP contribution in [0.3, 0.4) is 0 Å². The van der Waals surface area contributed by atoms with Crippen LogP contribution in [0.15, 0.2) is 85.2 Å². The van der Waals surface area contributed by atoms with E-state index < -0.39 is 0 Å². The average molecular weight is 461 g/mol. The molecule has 182 valence electrons. The number of hydrogen-bond donors (Lipinski definition) is 3. The van der Waals surface area contributed by atoms with Gasteiger partial charge in [-0.3, -0.25) is 4.79 Å². The first-order valence-electron chi connectivity index (χ1n) is 12.6. The van der Waals surface area contributed by atoms with E-state index in [9.17, 15) is 9.90 Å². The molecule has 34 heavy (non-hydrogen) atoms. The Morgan fingerprint density at radius 1 is 0.912 bits per heavy atom. The Bertz CT molecular complexity index is 992. The summed E-state index contributed by atoms with van der Waals surface area (Å²) in [7, 11) is 0. The van der Waals surface area contributed by atoms with Crippen molar-refractivity contribution in [2.45, 2.75) is 64.7 Å². The van der Waals surface area contributed by atoms with E-state index in [1.807, 2.05) is 48.7 Å². The molecule has 0 spiro atoms. The zero-order chi connectivity index (χ0) is 24.3. The number of carbonyl (C=O) groups excluding carboxylic acids is 1. The number of benzene rings is 1. The molecular formula is C30H40N2O2. The maximum absolute atomic E-state index is 11.9. The van der Waals surface area contributed by atoms with Gasteiger partial charge in [0.05, 0.1) is 0 Å². The van der Waals surface area contributed by atoms with Gasteiger partial charge in [-0.1, -0.05) is 100 Å². The van der Waals surface area contributed by atoms with E-state index in [4.69, 9.17) is 0 Å². The first kappa shape index (κ1) is 27.0. The average Bonchev–Trinajstić information content (AvgIpc) is 3.23. The molecule has 0 radical (unpaired) electrons. The minimum Gasteiger partial charge on any atom is -0.508 e. The maximum atomic E-state index is 11.9. The Kier molecular flexibility index (Phi) is 13.7. The lowest BCUT2D eigenvalue weighted by molar-refractivity contribution is -0.116. The van der Waals surface area contributed by atoms with Crippen LogP contribution in [-0.2, 0) is 11.2 Å². The summed E-state index contributed by atoms with van der Waals surface area (Å²) in [6.07, 6.45) is 32.5. The van der Waals surface area contributed by atoms with Gasteiger partial charge < -0.3 is 15.4 Å². The van der Waals surface area contributed by atoms with Gasteiger partial charge in [0.2, 0.25) is 5.91 Å². The molecule has 4 heteroatoms. The van der Waals surface area contributed by atoms with Crippen LogP contribution in [0.5, 0.6) is 5.75 Å². The summed E-state index contributed by atoms with van der Waals surface area (Å²) in [6.45, 7) is 2.79. The number of hydrogen-bond acceptors (Lipinski definition) is 2. The zero-order valence-electron chi connectivity index (χ0n) is 20.5. The summed E-state index contributed by atoms with van der Waals surface area (Å²) in [5.74, 6) is 0.120. The first-order valence-corrected chi connectivity index (χ1v) is 12.6. The molecule has 1 aromatic heterocycles. The second-order valence-corrected chi connectivity index (χ2v) is 8.44. The van der Waals surface area contributed by atoms with E-state index >= 15 is 0 Å². The second-order valence-electron chi connectivity index (χ2n) is 8.44. The summed E-state index contributed by atoms with van der Waals surface area (Å²) in [6, 6.07) is 5.24. The van der Waals surface area contributed by atoms with Crippen LogP contribution in [0.2, 0.25) is 0 Å². The van der Waals surface area contributed by atoms with Crippen molar-refractivity contribution < 1.29 is 9.90 Å². The molecule has 3 N–H and O–H groups in total. The third-order valence-electron chi connectivity index (χ3n) is 5.58. The van der Waals surface area contributed by atoms with Crippen LogP contribution < -0.4 is 5.32 Å². The van der Waals surface area contributed by atoms with Gasteiger partial charge in [0.25, 0.3) is 0 Å². The number of unbranched alkanes of at least 4 members (excludes halogenated alkanes) is 7. The maximum Gasteiger partial charge on any atom is 0.243 e. The highest BCUT2D eigenvalue weighted by Gasteiger charge is 2.04. The third-order valence-corrected chi connectivity index (χ3v) is 5.58. The Balaban J connectivity index is 1.53. The van der Waals surface area contributed by atoms with E-state index in [1.54, 1.807) is 18.2 Å². The predicted octanol–water partition coefficient (Wildman–Crippen LogP) is 7.45. The molecule has 1 aromatic carbocycles. The van der Waals surface area contributed by atoms with Crippen molar-refractivity contribution in [3.63, 3.8) is 0 Å². The van der Waals surface area contributed by atoms with Crippen LogP contribution in [0.1, 0.15) is 63.9 Å². The number of nitrogens with one attached hydrogen (secondary N) is 2. The molecule has 0 aliphatic heterocycles. The molecular weight excluding hydrogens is 420 g/mol. The Morgan fingerprint density at radius 2 is 1.59 bits per heavy atom. The Morgan fingerprint density at radius 3 is 2.35 bits per heavy atom. The van der Waals surface area contributed by atoms with Crippen molar-refractivity contribution >= 4 is 16.8 Å². The van der Waals surface area contributed by atoms with Gasteiger partial charge in [-0.25, -0.2) is 0 Å². The van der Waals surface area contributed by atoms with Gasteiger partial charge >= 0.3 is 0 Å². The SMILES string of the molecule is CCCCCCCCC/C=C/C=C/C=C/C=C/C=C/C(=O)NCCc1c[nH]c2ccc(O)cc12. The number of fused-ring (bicyclic) bond motifs is 1. The quantitative estimate of drug-likeness (QED) is 0.138. The molecule has 2 aromatic rings. The fourth-order valence-corrected chi connectivity index (χ4v) is 3.67. The topological polar surface area (TPSA) is 65.1 Å². The number of H-pyrrole nitrogens is 1. The summed E-state index contributed by atoms with van der Waals surface area (Å²) < 4.78 is 0. The highest BCUT2D eigenvalue weighted by Crippen LogP contribution is 2.23. The molecule has 0 aliphatic rings.